The molecule has 5 heteroatoms. The Balaban J connectivity index is 2.55. The Kier molecular flexibility index (Phi) is 4.13. The lowest BCUT2D eigenvalue weighted by Crippen LogP contribution is -2.10. The maximum absolute atomic E-state index is 11.3. The highest BCUT2D eigenvalue weighted by molar-refractivity contribution is 7.97. The third kappa shape index (κ3) is 3.14. The van der Waals surface area contributed by atoms with E-state index in [2.05, 4.69) is 10.1 Å². The maximum atomic E-state index is 11.3. The van der Waals surface area contributed by atoms with Gasteiger partial charge in [0.15, 0.2) is 5.82 Å². The molecule has 0 unspecified atom stereocenters. The summed E-state index contributed by atoms with van der Waals surface area (Å²) in [5, 5.41) is 3.76. The summed E-state index contributed by atoms with van der Waals surface area (Å²) in [6.07, 6.45) is 2.22. The van der Waals surface area contributed by atoms with E-state index in [9.17, 15) is 4.79 Å². The first-order chi connectivity index (χ1) is 6.63. The number of carbonyl (C=O) groups is 1. The number of rotatable bonds is 5. The Morgan fingerprint density at radius 1 is 1.57 bits per heavy atom. The van der Waals surface area contributed by atoms with Crippen molar-refractivity contribution in [3.8, 4) is 0 Å². The standard InChI is InChI=1S/C9H14N2O2S/c1-6(2)7(12)4-9-10-8(5-14-3)11-13-9/h6H,4-5H2,1-3H3. The van der Waals surface area contributed by atoms with Crippen molar-refractivity contribution in [1.82, 2.24) is 10.1 Å². The average Bonchev–Trinajstić information content (AvgIpc) is 2.53. The fourth-order valence-electron chi connectivity index (χ4n) is 0.903. The number of ketones is 1. The number of thioether (sulfide) groups is 1. The van der Waals surface area contributed by atoms with Gasteiger partial charge in [0.25, 0.3) is 0 Å². The van der Waals surface area contributed by atoms with Crippen molar-refractivity contribution in [3.05, 3.63) is 11.7 Å². The molecule has 0 aliphatic heterocycles. The van der Waals surface area contributed by atoms with Gasteiger partial charge in [-0.25, -0.2) is 0 Å². The fourth-order valence-corrected chi connectivity index (χ4v) is 1.28. The van der Waals surface area contributed by atoms with Crippen molar-refractivity contribution in [2.75, 3.05) is 6.26 Å². The second kappa shape index (κ2) is 5.14. The minimum atomic E-state index is 0.0194. The number of Topliss-reactive ketones (excluding diaryl/α,β-unsaturated/α-hetero) is 1. The molecule has 0 aliphatic carbocycles. The molecule has 0 aliphatic rings. The Hall–Kier alpha value is -0.840. The zero-order chi connectivity index (χ0) is 10.6. The van der Waals surface area contributed by atoms with Gasteiger partial charge in [-0.2, -0.15) is 16.7 Å². The minimum absolute atomic E-state index is 0.0194. The van der Waals surface area contributed by atoms with E-state index in [0.29, 0.717) is 11.7 Å². The molecule has 0 amide bonds. The molecule has 0 aromatic carbocycles. The van der Waals surface area contributed by atoms with Crippen LogP contribution in [0.4, 0.5) is 0 Å². The van der Waals surface area contributed by atoms with Gasteiger partial charge in [-0.3, -0.25) is 4.79 Å². The molecule has 0 fully saturated rings. The molecule has 0 atom stereocenters. The van der Waals surface area contributed by atoms with E-state index in [0.717, 1.165) is 5.75 Å². The van der Waals surface area contributed by atoms with Gasteiger partial charge in [0.1, 0.15) is 5.78 Å². The highest BCUT2D eigenvalue weighted by atomic mass is 32.2. The number of carbonyl (C=O) groups excluding carboxylic acids is 1. The van der Waals surface area contributed by atoms with Gasteiger partial charge in [-0.05, 0) is 6.26 Å². The Labute approximate surface area is 87.5 Å². The van der Waals surface area contributed by atoms with E-state index >= 15 is 0 Å². The first kappa shape index (κ1) is 11.2. The zero-order valence-corrected chi connectivity index (χ0v) is 9.43. The predicted molar refractivity (Wildman–Crippen MR) is 55.1 cm³/mol. The van der Waals surface area contributed by atoms with E-state index in [1.54, 1.807) is 11.8 Å². The number of hydrogen-bond donors (Lipinski definition) is 0. The summed E-state index contributed by atoms with van der Waals surface area (Å²) in [4.78, 5) is 15.4. The van der Waals surface area contributed by atoms with Crippen LogP contribution in [0.25, 0.3) is 0 Å². The molecule has 1 rings (SSSR count). The molecule has 4 nitrogen and oxygen atoms in total. The quantitative estimate of drug-likeness (QED) is 0.746. The summed E-state index contributed by atoms with van der Waals surface area (Å²) >= 11 is 1.62. The van der Waals surface area contributed by atoms with Crippen LogP contribution in [-0.2, 0) is 17.0 Å². The van der Waals surface area contributed by atoms with Gasteiger partial charge >= 0.3 is 0 Å². The second-order valence-electron chi connectivity index (χ2n) is 3.34. The Morgan fingerprint density at radius 3 is 2.86 bits per heavy atom. The normalized spacial score (nSPS) is 10.9. The van der Waals surface area contributed by atoms with Crippen LogP contribution < -0.4 is 0 Å². The molecule has 78 valence electrons. The van der Waals surface area contributed by atoms with Gasteiger partial charge in [0.2, 0.25) is 5.89 Å². The van der Waals surface area contributed by atoms with Crippen LogP contribution in [0.2, 0.25) is 0 Å². The van der Waals surface area contributed by atoms with Gasteiger partial charge in [0, 0.05) is 5.92 Å². The van der Waals surface area contributed by atoms with Crippen molar-refractivity contribution < 1.29 is 9.32 Å². The molecule has 1 aromatic heterocycles. The summed E-state index contributed by atoms with van der Waals surface area (Å²) in [6, 6.07) is 0. The SMILES string of the molecule is CSCc1noc(CC(=O)C(C)C)n1. The van der Waals surface area contributed by atoms with E-state index in [4.69, 9.17) is 4.52 Å². The van der Waals surface area contributed by atoms with Crippen LogP contribution in [0.1, 0.15) is 25.6 Å². The first-order valence-electron chi connectivity index (χ1n) is 4.46. The Bertz CT molecular complexity index is 310. The monoisotopic (exact) mass is 214 g/mol. The molecule has 0 saturated heterocycles. The molecule has 0 spiro atoms. The van der Waals surface area contributed by atoms with E-state index in [1.165, 1.54) is 0 Å². The zero-order valence-electron chi connectivity index (χ0n) is 8.61. The molecular weight excluding hydrogens is 200 g/mol. The van der Waals surface area contributed by atoms with Crippen LogP contribution in [-0.4, -0.2) is 22.2 Å². The third-order valence-corrected chi connectivity index (χ3v) is 2.30. The topological polar surface area (TPSA) is 56.0 Å². The highest BCUT2D eigenvalue weighted by Crippen LogP contribution is 2.07. The number of aromatic nitrogens is 2. The number of hydrogen-bond acceptors (Lipinski definition) is 5. The van der Waals surface area contributed by atoms with Crippen LogP contribution in [0.3, 0.4) is 0 Å². The summed E-state index contributed by atoms with van der Waals surface area (Å²) in [7, 11) is 0. The number of nitrogens with zero attached hydrogens (tertiary/aromatic N) is 2. The molecular formula is C9H14N2O2S. The highest BCUT2D eigenvalue weighted by Gasteiger charge is 2.13. The molecule has 0 saturated carbocycles. The smallest absolute Gasteiger partial charge is 0.234 e. The fraction of sp³-hybridized carbons (Fsp3) is 0.667. The second-order valence-corrected chi connectivity index (χ2v) is 4.20. The molecule has 0 bridgehead atoms. The molecule has 0 N–H and O–H groups in total. The van der Waals surface area contributed by atoms with Gasteiger partial charge in [-0.15, -0.1) is 0 Å². The van der Waals surface area contributed by atoms with Crippen molar-refractivity contribution in [2.24, 2.45) is 5.92 Å². The van der Waals surface area contributed by atoms with E-state index < -0.39 is 0 Å². The molecule has 1 heterocycles. The summed E-state index contributed by atoms with van der Waals surface area (Å²) < 4.78 is 4.94. The summed E-state index contributed by atoms with van der Waals surface area (Å²) in [6.45, 7) is 3.73. The molecule has 14 heavy (non-hydrogen) atoms. The lowest BCUT2D eigenvalue weighted by Gasteiger charge is -1.98. The van der Waals surface area contributed by atoms with Crippen molar-refractivity contribution in [2.45, 2.75) is 26.0 Å². The maximum Gasteiger partial charge on any atom is 0.234 e. The largest absolute Gasteiger partial charge is 0.339 e. The van der Waals surface area contributed by atoms with Crippen LogP contribution in [0.5, 0.6) is 0 Å². The van der Waals surface area contributed by atoms with Gasteiger partial charge in [0.05, 0.1) is 12.2 Å². The van der Waals surface area contributed by atoms with E-state index in [-0.39, 0.29) is 18.1 Å². The lowest BCUT2D eigenvalue weighted by molar-refractivity contribution is -0.121. The van der Waals surface area contributed by atoms with E-state index in [1.807, 2.05) is 20.1 Å². The van der Waals surface area contributed by atoms with Crippen molar-refractivity contribution in [1.29, 1.82) is 0 Å². The van der Waals surface area contributed by atoms with Gasteiger partial charge < -0.3 is 4.52 Å². The predicted octanol–water partition coefficient (Wildman–Crippen LogP) is 1.70. The van der Waals surface area contributed by atoms with Crippen LogP contribution >= 0.6 is 11.8 Å². The Morgan fingerprint density at radius 2 is 2.29 bits per heavy atom. The first-order valence-corrected chi connectivity index (χ1v) is 5.86. The lowest BCUT2D eigenvalue weighted by atomic mass is 10.1. The van der Waals surface area contributed by atoms with Gasteiger partial charge in [-0.1, -0.05) is 19.0 Å². The minimum Gasteiger partial charge on any atom is -0.339 e. The van der Waals surface area contributed by atoms with Crippen molar-refractivity contribution in [3.63, 3.8) is 0 Å². The summed E-state index contributed by atoms with van der Waals surface area (Å²) in [5.41, 5.74) is 0. The van der Waals surface area contributed by atoms with Crippen LogP contribution in [0, 0.1) is 5.92 Å². The molecule has 0 radical (unpaired) electrons. The average molecular weight is 214 g/mol. The van der Waals surface area contributed by atoms with Crippen LogP contribution in [0.15, 0.2) is 4.52 Å². The third-order valence-electron chi connectivity index (χ3n) is 1.75. The van der Waals surface area contributed by atoms with Crippen molar-refractivity contribution >= 4 is 17.5 Å². The molecule has 1 aromatic rings. The summed E-state index contributed by atoms with van der Waals surface area (Å²) in [5.74, 6) is 1.95.